The molecule has 5 nitrogen and oxygen atoms in total. The van der Waals surface area contributed by atoms with Crippen molar-refractivity contribution in [1.29, 1.82) is 0 Å². The SMILES string of the molecule is [C-]#[N+]c1ccc(N2C[C@@H](C)N(S(=O)(=O)c3ccc(C(F)(F)F)cc3)C[C@@H]2C)cc1Cl. The summed E-state index contributed by atoms with van der Waals surface area (Å²) in [5.74, 6) is 0. The van der Waals surface area contributed by atoms with Gasteiger partial charge in [-0.05, 0) is 50.2 Å². The van der Waals surface area contributed by atoms with E-state index in [9.17, 15) is 21.6 Å². The predicted molar refractivity (Wildman–Crippen MR) is 109 cm³/mol. The van der Waals surface area contributed by atoms with Gasteiger partial charge in [0.05, 0.1) is 17.0 Å². The second-order valence-corrected chi connectivity index (χ2v) is 9.49. The van der Waals surface area contributed by atoms with Gasteiger partial charge in [0.15, 0.2) is 0 Å². The van der Waals surface area contributed by atoms with Crippen LogP contribution in [0.15, 0.2) is 47.4 Å². The second kappa shape index (κ2) is 8.10. The van der Waals surface area contributed by atoms with Crippen molar-refractivity contribution in [3.8, 4) is 0 Å². The summed E-state index contributed by atoms with van der Waals surface area (Å²) in [7, 11) is -3.96. The molecule has 0 saturated carbocycles. The van der Waals surface area contributed by atoms with E-state index in [1.807, 2.05) is 11.8 Å². The molecule has 1 aliphatic rings. The molecule has 0 radical (unpaired) electrons. The number of anilines is 1. The van der Waals surface area contributed by atoms with E-state index in [1.165, 1.54) is 4.31 Å². The van der Waals surface area contributed by atoms with Crippen LogP contribution < -0.4 is 4.90 Å². The smallest absolute Gasteiger partial charge is 0.366 e. The molecule has 30 heavy (non-hydrogen) atoms. The molecule has 0 N–H and O–H groups in total. The fourth-order valence-electron chi connectivity index (χ4n) is 3.51. The molecule has 2 aromatic rings. The van der Waals surface area contributed by atoms with Crippen molar-refractivity contribution in [2.75, 3.05) is 18.0 Å². The molecule has 0 spiro atoms. The Bertz CT molecular complexity index is 1080. The lowest BCUT2D eigenvalue weighted by Crippen LogP contribution is -2.58. The Kier molecular flexibility index (Phi) is 6.05. The maximum atomic E-state index is 13.1. The molecule has 1 saturated heterocycles. The largest absolute Gasteiger partial charge is 0.416 e. The molecule has 1 fully saturated rings. The zero-order chi connectivity index (χ0) is 22.3. The van der Waals surface area contributed by atoms with Gasteiger partial charge in [0.1, 0.15) is 0 Å². The summed E-state index contributed by atoms with van der Waals surface area (Å²) < 4.78 is 65.7. The van der Waals surface area contributed by atoms with Gasteiger partial charge < -0.3 is 4.90 Å². The van der Waals surface area contributed by atoms with Crippen LogP contribution in [0.3, 0.4) is 0 Å². The number of benzene rings is 2. The van der Waals surface area contributed by atoms with Crippen molar-refractivity contribution >= 4 is 33.0 Å². The lowest BCUT2D eigenvalue weighted by atomic mass is 10.1. The van der Waals surface area contributed by atoms with Crippen LogP contribution in [0.2, 0.25) is 5.02 Å². The third-order valence-electron chi connectivity index (χ3n) is 5.10. The number of piperazine rings is 1. The minimum atomic E-state index is -4.53. The summed E-state index contributed by atoms with van der Waals surface area (Å²) in [6, 6.07) is 7.97. The van der Waals surface area contributed by atoms with Gasteiger partial charge in [-0.1, -0.05) is 17.7 Å². The van der Waals surface area contributed by atoms with Crippen molar-refractivity contribution in [3.05, 3.63) is 64.5 Å². The predicted octanol–water partition coefficient (Wildman–Crippen LogP) is 5.20. The van der Waals surface area contributed by atoms with E-state index < -0.39 is 27.8 Å². The van der Waals surface area contributed by atoms with Gasteiger partial charge in [-0.3, -0.25) is 0 Å². The number of rotatable bonds is 3. The molecule has 1 heterocycles. The van der Waals surface area contributed by atoms with Crippen molar-refractivity contribution in [2.45, 2.75) is 37.0 Å². The van der Waals surface area contributed by atoms with Crippen LogP contribution in [0.1, 0.15) is 19.4 Å². The van der Waals surface area contributed by atoms with Crippen LogP contribution in [0.25, 0.3) is 4.85 Å². The summed E-state index contributed by atoms with van der Waals surface area (Å²) in [5.41, 5.74) is 0.218. The summed E-state index contributed by atoms with van der Waals surface area (Å²) in [6.45, 7) is 11.2. The summed E-state index contributed by atoms with van der Waals surface area (Å²) >= 11 is 6.13. The number of hydrogen-bond donors (Lipinski definition) is 0. The van der Waals surface area contributed by atoms with Gasteiger partial charge in [0, 0.05) is 35.9 Å². The zero-order valence-electron chi connectivity index (χ0n) is 16.2. The number of sulfonamides is 1. The maximum Gasteiger partial charge on any atom is 0.416 e. The van der Waals surface area contributed by atoms with Crippen molar-refractivity contribution in [1.82, 2.24) is 4.31 Å². The molecule has 3 rings (SSSR count). The lowest BCUT2D eigenvalue weighted by Gasteiger charge is -2.44. The standard InChI is InChI=1S/C20H19ClF3N3O2S/c1-13-12-27(30(28,29)17-7-4-15(5-8-17)20(22,23)24)14(2)11-26(13)16-6-9-19(25-3)18(21)10-16/h4-10,13-14H,11-12H2,1-2H3/t13-,14+/m0/s1. The third-order valence-corrected chi connectivity index (χ3v) is 7.40. The minimum Gasteiger partial charge on any atom is -0.366 e. The second-order valence-electron chi connectivity index (χ2n) is 7.19. The Morgan fingerprint density at radius 1 is 1.07 bits per heavy atom. The van der Waals surface area contributed by atoms with Gasteiger partial charge in [0.25, 0.3) is 0 Å². The Labute approximate surface area is 178 Å². The molecule has 0 aromatic heterocycles. The fraction of sp³-hybridized carbons (Fsp3) is 0.350. The minimum absolute atomic E-state index is 0.159. The summed E-state index contributed by atoms with van der Waals surface area (Å²) in [6.07, 6.45) is -4.53. The first-order valence-corrected chi connectivity index (χ1v) is 10.9. The first-order chi connectivity index (χ1) is 13.9. The summed E-state index contributed by atoms with van der Waals surface area (Å²) in [5, 5.41) is 0.321. The highest BCUT2D eigenvalue weighted by Gasteiger charge is 2.38. The Morgan fingerprint density at radius 2 is 1.70 bits per heavy atom. The average Bonchev–Trinajstić information content (AvgIpc) is 2.68. The van der Waals surface area contributed by atoms with E-state index in [4.69, 9.17) is 18.2 Å². The van der Waals surface area contributed by atoms with Gasteiger partial charge in [-0.15, -0.1) is 0 Å². The molecule has 0 unspecified atom stereocenters. The zero-order valence-corrected chi connectivity index (χ0v) is 17.8. The number of nitrogens with zero attached hydrogens (tertiary/aromatic N) is 3. The maximum absolute atomic E-state index is 13.1. The van der Waals surface area contributed by atoms with E-state index in [-0.39, 0.29) is 17.5 Å². The number of alkyl halides is 3. The van der Waals surface area contributed by atoms with E-state index in [0.717, 1.165) is 30.0 Å². The van der Waals surface area contributed by atoms with Gasteiger partial charge in [0.2, 0.25) is 15.7 Å². The van der Waals surface area contributed by atoms with Gasteiger partial charge >= 0.3 is 6.18 Å². The van der Waals surface area contributed by atoms with Crippen LogP contribution in [0.4, 0.5) is 24.5 Å². The number of hydrogen-bond acceptors (Lipinski definition) is 3. The van der Waals surface area contributed by atoms with Crippen LogP contribution in [0, 0.1) is 6.57 Å². The topological polar surface area (TPSA) is 45.0 Å². The molecule has 2 aromatic carbocycles. The van der Waals surface area contributed by atoms with E-state index >= 15 is 0 Å². The molecular formula is C20H19ClF3N3O2S. The highest BCUT2D eigenvalue weighted by molar-refractivity contribution is 7.89. The molecule has 160 valence electrons. The molecule has 0 bridgehead atoms. The van der Waals surface area contributed by atoms with Crippen LogP contribution in [0.5, 0.6) is 0 Å². The van der Waals surface area contributed by atoms with Crippen molar-refractivity contribution in [2.24, 2.45) is 0 Å². The van der Waals surface area contributed by atoms with Crippen molar-refractivity contribution in [3.63, 3.8) is 0 Å². The van der Waals surface area contributed by atoms with Crippen LogP contribution in [-0.4, -0.2) is 37.9 Å². The molecule has 1 aliphatic heterocycles. The average molecular weight is 458 g/mol. The normalized spacial score (nSPS) is 20.8. The van der Waals surface area contributed by atoms with Gasteiger partial charge in [-0.25, -0.2) is 13.3 Å². The highest BCUT2D eigenvalue weighted by Crippen LogP contribution is 2.34. The summed E-state index contributed by atoms with van der Waals surface area (Å²) in [4.78, 5) is 5.16. The van der Waals surface area contributed by atoms with E-state index in [0.29, 0.717) is 17.3 Å². The first kappa shape index (κ1) is 22.4. The quantitative estimate of drug-likeness (QED) is 0.595. The Balaban J connectivity index is 1.84. The monoisotopic (exact) mass is 457 g/mol. The van der Waals surface area contributed by atoms with E-state index in [2.05, 4.69) is 4.85 Å². The third kappa shape index (κ3) is 4.26. The van der Waals surface area contributed by atoms with Gasteiger partial charge in [-0.2, -0.15) is 17.5 Å². The molecule has 2 atom stereocenters. The fourth-order valence-corrected chi connectivity index (χ4v) is 5.43. The van der Waals surface area contributed by atoms with Crippen LogP contribution in [-0.2, 0) is 16.2 Å². The molecule has 10 heteroatoms. The van der Waals surface area contributed by atoms with Crippen LogP contribution >= 0.6 is 11.6 Å². The highest BCUT2D eigenvalue weighted by atomic mass is 35.5. The Morgan fingerprint density at radius 3 is 2.23 bits per heavy atom. The Hall–Kier alpha value is -2.28. The van der Waals surface area contributed by atoms with Crippen molar-refractivity contribution < 1.29 is 21.6 Å². The van der Waals surface area contributed by atoms with E-state index in [1.54, 1.807) is 25.1 Å². The molecule has 0 aliphatic carbocycles. The molecular weight excluding hydrogens is 439 g/mol. The number of halogens is 4. The molecule has 0 amide bonds. The lowest BCUT2D eigenvalue weighted by molar-refractivity contribution is -0.137. The first-order valence-electron chi connectivity index (χ1n) is 9.08.